The molecule has 5 heteroatoms. The smallest absolute Gasteiger partial charge is 0.318 e. The predicted molar refractivity (Wildman–Crippen MR) is 93.7 cm³/mol. The molecule has 2 aromatic carbocycles. The zero-order valence-corrected chi connectivity index (χ0v) is 13.4. The Balaban J connectivity index is 1.80. The van der Waals surface area contributed by atoms with Crippen molar-refractivity contribution < 1.29 is 9.66 Å². The van der Waals surface area contributed by atoms with E-state index in [0.717, 1.165) is 18.7 Å². The molecule has 0 saturated carbocycles. The Morgan fingerprint density at radius 1 is 1.08 bits per heavy atom. The van der Waals surface area contributed by atoms with Crippen molar-refractivity contribution in [1.82, 2.24) is 4.90 Å². The lowest BCUT2D eigenvalue weighted by molar-refractivity contribution is -0.386. The fourth-order valence-electron chi connectivity index (χ4n) is 2.80. The number of benzene rings is 2. The van der Waals surface area contributed by atoms with E-state index in [2.05, 4.69) is 4.90 Å². The molecule has 0 bridgehead atoms. The number of hydrogen-bond donors (Lipinski definition) is 0. The van der Waals surface area contributed by atoms with Crippen molar-refractivity contribution in [2.75, 3.05) is 13.1 Å². The number of nitrogens with zero attached hydrogens (tertiary/aromatic N) is 2. The zero-order valence-electron chi connectivity index (χ0n) is 13.4. The van der Waals surface area contributed by atoms with Crippen LogP contribution in [0.15, 0.2) is 54.7 Å². The Bertz CT molecular complexity index is 723. The van der Waals surface area contributed by atoms with Crippen LogP contribution in [0.2, 0.25) is 0 Å². The monoisotopic (exact) mass is 324 g/mol. The summed E-state index contributed by atoms with van der Waals surface area (Å²) in [6.07, 6.45) is 6.09. The van der Waals surface area contributed by atoms with Crippen molar-refractivity contribution in [3.05, 3.63) is 76.0 Å². The summed E-state index contributed by atoms with van der Waals surface area (Å²) in [4.78, 5) is 13.3. The number of para-hydroxylation sites is 1. The molecule has 124 valence electrons. The first-order valence-electron chi connectivity index (χ1n) is 8.10. The molecule has 0 aliphatic carbocycles. The van der Waals surface area contributed by atoms with Crippen LogP contribution in [0.4, 0.5) is 5.69 Å². The highest BCUT2D eigenvalue weighted by atomic mass is 16.6. The summed E-state index contributed by atoms with van der Waals surface area (Å²) < 4.78 is 5.71. The van der Waals surface area contributed by atoms with E-state index < -0.39 is 0 Å². The summed E-state index contributed by atoms with van der Waals surface area (Å²) in [6.45, 7) is 2.32. The SMILES string of the molecule is O=[N+]([O-])c1c(/C=C/N2CCCC2)cccc1OCc1ccccc1. The highest BCUT2D eigenvalue weighted by molar-refractivity contribution is 5.66. The number of nitro benzene ring substituents is 1. The van der Waals surface area contributed by atoms with Crippen molar-refractivity contribution in [2.24, 2.45) is 0 Å². The van der Waals surface area contributed by atoms with Gasteiger partial charge in [-0.1, -0.05) is 36.4 Å². The van der Waals surface area contributed by atoms with Gasteiger partial charge >= 0.3 is 5.69 Å². The third-order valence-corrected chi connectivity index (χ3v) is 4.06. The summed E-state index contributed by atoms with van der Waals surface area (Å²) in [5.41, 5.74) is 1.56. The third kappa shape index (κ3) is 3.93. The first-order chi connectivity index (χ1) is 11.7. The summed E-state index contributed by atoms with van der Waals surface area (Å²) in [5, 5.41) is 11.5. The predicted octanol–water partition coefficient (Wildman–Crippen LogP) is 4.24. The minimum atomic E-state index is -0.371. The van der Waals surface area contributed by atoms with E-state index in [0.29, 0.717) is 17.9 Å². The number of nitro groups is 1. The number of ether oxygens (including phenoxy) is 1. The molecule has 1 fully saturated rings. The molecule has 0 spiro atoms. The van der Waals surface area contributed by atoms with Gasteiger partial charge in [-0.3, -0.25) is 10.1 Å². The second kappa shape index (κ2) is 7.64. The standard InChI is InChI=1S/C19H20N2O3/c22-21(23)19-17(11-14-20-12-4-5-13-20)9-6-10-18(19)24-15-16-7-2-1-3-8-16/h1-3,6-11,14H,4-5,12-13,15H2/b14-11+. The van der Waals surface area contributed by atoms with Gasteiger partial charge in [0.05, 0.1) is 10.5 Å². The van der Waals surface area contributed by atoms with Gasteiger partial charge in [0.25, 0.3) is 0 Å². The Morgan fingerprint density at radius 2 is 1.83 bits per heavy atom. The van der Waals surface area contributed by atoms with Crippen LogP contribution >= 0.6 is 0 Å². The van der Waals surface area contributed by atoms with Crippen LogP contribution in [0.25, 0.3) is 6.08 Å². The van der Waals surface area contributed by atoms with Crippen LogP contribution in [0.5, 0.6) is 5.75 Å². The van der Waals surface area contributed by atoms with E-state index in [4.69, 9.17) is 4.74 Å². The maximum atomic E-state index is 11.5. The van der Waals surface area contributed by atoms with Gasteiger partial charge in [-0.25, -0.2) is 0 Å². The van der Waals surface area contributed by atoms with E-state index in [1.807, 2.05) is 36.5 Å². The minimum absolute atomic E-state index is 0.0175. The Labute approximate surface area is 141 Å². The van der Waals surface area contributed by atoms with E-state index in [9.17, 15) is 10.1 Å². The first-order valence-corrected chi connectivity index (χ1v) is 8.10. The quantitative estimate of drug-likeness (QED) is 0.589. The summed E-state index contributed by atoms with van der Waals surface area (Å²) >= 11 is 0. The van der Waals surface area contributed by atoms with Crippen LogP contribution in [0, 0.1) is 10.1 Å². The molecular weight excluding hydrogens is 304 g/mol. The number of likely N-dealkylation sites (tertiary alicyclic amines) is 1. The summed E-state index contributed by atoms with van der Waals surface area (Å²) in [6, 6.07) is 14.8. The van der Waals surface area contributed by atoms with Gasteiger partial charge < -0.3 is 9.64 Å². The van der Waals surface area contributed by atoms with E-state index >= 15 is 0 Å². The lowest BCUT2D eigenvalue weighted by Gasteiger charge is -2.11. The van der Waals surface area contributed by atoms with Gasteiger partial charge in [-0.15, -0.1) is 0 Å². The third-order valence-electron chi connectivity index (χ3n) is 4.06. The van der Waals surface area contributed by atoms with Crippen molar-refractivity contribution in [2.45, 2.75) is 19.4 Å². The first kappa shape index (κ1) is 16.1. The van der Waals surface area contributed by atoms with Crippen LogP contribution < -0.4 is 4.74 Å². The Hall–Kier alpha value is -2.82. The maximum Gasteiger partial charge on any atom is 0.318 e. The van der Waals surface area contributed by atoms with Crippen molar-refractivity contribution >= 4 is 11.8 Å². The van der Waals surface area contributed by atoms with Gasteiger partial charge in [-0.2, -0.15) is 0 Å². The molecule has 3 rings (SSSR count). The Kier molecular flexibility index (Phi) is 5.11. The topological polar surface area (TPSA) is 55.6 Å². The van der Waals surface area contributed by atoms with Gasteiger partial charge in [-0.05, 0) is 42.8 Å². The van der Waals surface area contributed by atoms with E-state index in [-0.39, 0.29) is 10.6 Å². The molecule has 1 saturated heterocycles. The summed E-state index contributed by atoms with van der Waals surface area (Å²) in [5.74, 6) is 0.299. The fourth-order valence-corrected chi connectivity index (χ4v) is 2.80. The van der Waals surface area contributed by atoms with Gasteiger partial charge in [0.1, 0.15) is 6.61 Å². The van der Waals surface area contributed by atoms with Crippen LogP contribution in [-0.2, 0) is 6.61 Å². The highest BCUT2D eigenvalue weighted by Crippen LogP contribution is 2.32. The van der Waals surface area contributed by atoms with Crippen LogP contribution in [-0.4, -0.2) is 22.9 Å². The fraction of sp³-hybridized carbons (Fsp3) is 0.263. The maximum absolute atomic E-state index is 11.5. The molecule has 0 aromatic heterocycles. The van der Waals surface area contributed by atoms with Crippen molar-refractivity contribution in [1.29, 1.82) is 0 Å². The lowest BCUT2D eigenvalue weighted by atomic mass is 10.1. The Morgan fingerprint density at radius 3 is 2.54 bits per heavy atom. The van der Waals surface area contributed by atoms with Gasteiger partial charge in [0, 0.05) is 13.1 Å². The molecule has 5 nitrogen and oxygen atoms in total. The molecule has 2 aromatic rings. The molecular formula is C19H20N2O3. The van der Waals surface area contributed by atoms with E-state index in [1.54, 1.807) is 24.3 Å². The van der Waals surface area contributed by atoms with Crippen molar-refractivity contribution in [3.8, 4) is 5.75 Å². The molecule has 0 amide bonds. The zero-order chi connectivity index (χ0) is 16.8. The number of rotatable bonds is 6. The van der Waals surface area contributed by atoms with E-state index in [1.165, 1.54) is 12.8 Å². The van der Waals surface area contributed by atoms with Crippen LogP contribution in [0.1, 0.15) is 24.0 Å². The molecule has 0 radical (unpaired) electrons. The second-order valence-electron chi connectivity index (χ2n) is 5.78. The average molecular weight is 324 g/mol. The highest BCUT2D eigenvalue weighted by Gasteiger charge is 2.20. The molecule has 0 unspecified atom stereocenters. The molecule has 1 aliphatic rings. The average Bonchev–Trinajstić information content (AvgIpc) is 3.12. The summed E-state index contributed by atoms with van der Waals surface area (Å²) in [7, 11) is 0. The molecule has 1 heterocycles. The molecule has 1 aliphatic heterocycles. The van der Waals surface area contributed by atoms with Gasteiger partial charge in [0.15, 0.2) is 5.75 Å². The van der Waals surface area contributed by atoms with Gasteiger partial charge in [0.2, 0.25) is 0 Å². The van der Waals surface area contributed by atoms with Crippen LogP contribution in [0.3, 0.4) is 0 Å². The minimum Gasteiger partial charge on any atom is -0.482 e. The molecule has 24 heavy (non-hydrogen) atoms. The second-order valence-corrected chi connectivity index (χ2v) is 5.78. The lowest BCUT2D eigenvalue weighted by Crippen LogP contribution is -2.10. The molecule has 0 N–H and O–H groups in total. The molecule has 0 atom stereocenters. The largest absolute Gasteiger partial charge is 0.482 e. The number of hydrogen-bond acceptors (Lipinski definition) is 4. The normalized spacial score (nSPS) is 14.2. The van der Waals surface area contributed by atoms with Crippen molar-refractivity contribution in [3.63, 3.8) is 0 Å².